The van der Waals surface area contributed by atoms with E-state index in [0.717, 1.165) is 4.47 Å². The number of hydrogen-bond acceptors (Lipinski definition) is 1. The number of aliphatic imine (C=N–C) groups is 1. The van der Waals surface area contributed by atoms with Gasteiger partial charge in [-0.05, 0) is 38.5 Å². The normalized spacial score (nSPS) is 12.8. The second-order valence-corrected chi connectivity index (χ2v) is 7.38. The maximum Gasteiger partial charge on any atom is 0.189 e. The Morgan fingerprint density at radius 2 is 1.65 bits per heavy atom. The molecule has 5 heteroatoms. The van der Waals surface area contributed by atoms with Crippen LogP contribution in [0.1, 0.15) is 40.2 Å². The van der Waals surface area contributed by atoms with Crippen LogP contribution in [0.3, 0.4) is 0 Å². The Morgan fingerprint density at radius 3 is 2.10 bits per heavy atom. The summed E-state index contributed by atoms with van der Waals surface area (Å²) < 4.78 is 1.09. The van der Waals surface area contributed by atoms with Crippen LogP contribution < -0.4 is 11.1 Å². The van der Waals surface area contributed by atoms with Crippen LogP contribution in [0.2, 0.25) is 0 Å². The standard InChI is InChI=1S/C15H24BrN3.HI/c1-14(2,3)19-13(17)18-10-15(4,5)11-6-8-12(16)9-7-11;/h6-9H,10H2,1-5H3,(H3,17,18,19);1H. The predicted octanol–water partition coefficient (Wildman–Crippen LogP) is 4.05. The largest absolute Gasteiger partial charge is 0.370 e. The Balaban J connectivity index is 0.00000361. The van der Waals surface area contributed by atoms with Crippen molar-refractivity contribution in [1.82, 2.24) is 5.32 Å². The van der Waals surface area contributed by atoms with Crippen molar-refractivity contribution in [3.8, 4) is 0 Å². The first-order chi connectivity index (χ1) is 8.60. The minimum Gasteiger partial charge on any atom is -0.370 e. The SMILES string of the molecule is CC(C)(C)NC(N)=NCC(C)(C)c1ccc(Br)cc1.I. The molecular weight excluding hydrogens is 429 g/mol. The average molecular weight is 454 g/mol. The minimum absolute atomic E-state index is 0. The molecule has 20 heavy (non-hydrogen) atoms. The highest BCUT2D eigenvalue weighted by molar-refractivity contribution is 14.0. The molecule has 1 aromatic carbocycles. The number of nitrogens with two attached hydrogens (primary N) is 1. The van der Waals surface area contributed by atoms with Gasteiger partial charge >= 0.3 is 0 Å². The number of benzene rings is 1. The second kappa shape index (κ2) is 7.64. The third-order valence-corrected chi connectivity index (χ3v) is 3.30. The molecular formula is C15H25BrIN3. The van der Waals surface area contributed by atoms with Gasteiger partial charge in [0.25, 0.3) is 0 Å². The van der Waals surface area contributed by atoms with Gasteiger partial charge in [-0.3, -0.25) is 4.99 Å². The minimum atomic E-state index is -0.0602. The number of nitrogens with one attached hydrogen (secondary N) is 1. The zero-order chi connectivity index (χ0) is 14.7. The number of halogens is 2. The van der Waals surface area contributed by atoms with Crippen molar-refractivity contribution < 1.29 is 0 Å². The van der Waals surface area contributed by atoms with Crippen LogP contribution in [0, 0.1) is 0 Å². The molecule has 0 aliphatic heterocycles. The molecule has 0 aliphatic rings. The van der Waals surface area contributed by atoms with Crippen molar-refractivity contribution in [1.29, 1.82) is 0 Å². The lowest BCUT2D eigenvalue weighted by molar-refractivity contribution is 0.500. The van der Waals surface area contributed by atoms with Crippen molar-refractivity contribution in [2.75, 3.05) is 6.54 Å². The summed E-state index contributed by atoms with van der Waals surface area (Å²) in [6.45, 7) is 11.2. The molecule has 0 spiro atoms. The number of hydrogen-bond donors (Lipinski definition) is 2. The fourth-order valence-electron chi connectivity index (χ4n) is 1.70. The van der Waals surface area contributed by atoms with Crippen molar-refractivity contribution >= 4 is 45.9 Å². The highest BCUT2D eigenvalue weighted by Gasteiger charge is 2.20. The van der Waals surface area contributed by atoms with Crippen LogP contribution in [-0.2, 0) is 5.41 Å². The molecule has 0 saturated carbocycles. The summed E-state index contributed by atoms with van der Waals surface area (Å²) in [5.74, 6) is 0.498. The van der Waals surface area contributed by atoms with Gasteiger partial charge in [0, 0.05) is 15.4 Å². The third kappa shape index (κ3) is 6.92. The molecule has 0 atom stereocenters. The van der Waals surface area contributed by atoms with E-state index in [9.17, 15) is 0 Å². The summed E-state index contributed by atoms with van der Waals surface area (Å²) in [7, 11) is 0. The van der Waals surface area contributed by atoms with Gasteiger partial charge in [-0.2, -0.15) is 0 Å². The molecule has 3 nitrogen and oxygen atoms in total. The maximum absolute atomic E-state index is 5.90. The van der Waals surface area contributed by atoms with Crippen LogP contribution in [0.5, 0.6) is 0 Å². The van der Waals surface area contributed by atoms with Crippen LogP contribution in [0.15, 0.2) is 33.7 Å². The summed E-state index contributed by atoms with van der Waals surface area (Å²) in [4.78, 5) is 4.45. The van der Waals surface area contributed by atoms with Gasteiger partial charge in [0.15, 0.2) is 5.96 Å². The summed E-state index contributed by atoms with van der Waals surface area (Å²) in [5, 5.41) is 3.17. The van der Waals surface area contributed by atoms with E-state index in [-0.39, 0.29) is 34.9 Å². The molecule has 0 aliphatic carbocycles. The van der Waals surface area contributed by atoms with E-state index in [0.29, 0.717) is 12.5 Å². The summed E-state index contributed by atoms with van der Waals surface area (Å²) in [6.07, 6.45) is 0. The maximum atomic E-state index is 5.90. The van der Waals surface area contributed by atoms with Crippen molar-refractivity contribution in [2.45, 2.75) is 45.6 Å². The molecule has 0 amide bonds. The van der Waals surface area contributed by atoms with E-state index >= 15 is 0 Å². The Morgan fingerprint density at radius 1 is 1.15 bits per heavy atom. The molecule has 1 rings (SSSR count). The molecule has 0 heterocycles. The Hall–Kier alpha value is -0.300. The Bertz CT molecular complexity index is 447. The van der Waals surface area contributed by atoms with E-state index in [1.165, 1.54) is 5.56 Å². The lowest BCUT2D eigenvalue weighted by Crippen LogP contribution is -2.45. The molecule has 0 aromatic heterocycles. The van der Waals surface area contributed by atoms with Gasteiger partial charge in [-0.15, -0.1) is 24.0 Å². The lowest BCUT2D eigenvalue weighted by Gasteiger charge is -2.25. The molecule has 0 bridgehead atoms. The number of guanidine groups is 1. The third-order valence-electron chi connectivity index (χ3n) is 2.77. The fourth-order valence-corrected chi connectivity index (χ4v) is 1.96. The van der Waals surface area contributed by atoms with Gasteiger partial charge in [0.05, 0.1) is 6.54 Å². The Labute approximate surface area is 148 Å². The van der Waals surface area contributed by atoms with E-state index < -0.39 is 0 Å². The Kier molecular flexibility index (Phi) is 7.52. The number of nitrogens with zero attached hydrogens (tertiary/aromatic N) is 1. The van der Waals surface area contributed by atoms with E-state index in [1.54, 1.807) is 0 Å². The first-order valence-electron chi connectivity index (χ1n) is 6.44. The molecule has 0 unspecified atom stereocenters. The summed E-state index contributed by atoms with van der Waals surface area (Å²) >= 11 is 3.45. The van der Waals surface area contributed by atoms with Gasteiger partial charge in [-0.25, -0.2) is 0 Å². The van der Waals surface area contributed by atoms with Gasteiger partial charge in [-0.1, -0.05) is 41.9 Å². The molecule has 3 N–H and O–H groups in total. The van der Waals surface area contributed by atoms with Crippen LogP contribution >= 0.6 is 39.9 Å². The number of rotatable bonds is 3. The van der Waals surface area contributed by atoms with Gasteiger partial charge < -0.3 is 11.1 Å². The molecule has 114 valence electrons. The smallest absolute Gasteiger partial charge is 0.189 e. The van der Waals surface area contributed by atoms with Crippen molar-refractivity contribution in [2.24, 2.45) is 10.7 Å². The van der Waals surface area contributed by atoms with Crippen LogP contribution in [-0.4, -0.2) is 18.0 Å². The fraction of sp³-hybridized carbons (Fsp3) is 0.533. The molecule has 0 fully saturated rings. The van der Waals surface area contributed by atoms with E-state index in [2.05, 4.69) is 85.1 Å². The summed E-state index contributed by atoms with van der Waals surface area (Å²) in [6, 6.07) is 8.34. The molecule has 0 radical (unpaired) electrons. The highest BCUT2D eigenvalue weighted by Crippen LogP contribution is 2.25. The van der Waals surface area contributed by atoms with E-state index in [1.807, 2.05) is 0 Å². The molecule has 0 saturated heterocycles. The topological polar surface area (TPSA) is 50.4 Å². The van der Waals surface area contributed by atoms with Crippen molar-refractivity contribution in [3.05, 3.63) is 34.3 Å². The van der Waals surface area contributed by atoms with Crippen molar-refractivity contribution in [3.63, 3.8) is 0 Å². The zero-order valence-corrected chi connectivity index (χ0v) is 16.7. The van der Waals surface area contributed by atoms with Crippen LogP contribution in [0.4, 0.5) is 0 Å². The van der Waals surface area contributed by atoms with E-state index in [4.69, 9.17) is 5.73 Å². The average Bonchev–Trinajstić information content (AvgIpc) is 2.25. The predicted molar refractivity (Wildman–Crippen MR) is 102 cm³/mol. The zero-order valence-electron chi connectivity index (χ0n) is 12.8. The lowest BCUT2D eigenvalue weighted by atomic mass is 9.85. The van der Waals surface area contributed by atoms with Crippen LogP contribution in [0.25, 0.3) is 0 Å². The first-order valence-corrected chi connectivity index (χ1v) is 7.24. The highest BCUT2D eigenvalue weighted by atomic mass is 127. The first kappa shape index (κ1) is 19.7. The summed E-state index contributed by atoms with van der Waals surface area (Å²) in [5.41, 5.74) is 7.06. The van der Waals surface area contributed by atoms with Gasteiger partial charge in [0.1, 0.15) is 0 Å². The van der Waals surface area contributed by atoms with Gasteiger partial charge in [0.2, 0.25) is 0 Å². The second-order valence-electron chi connectivity index (χ2n) is 6.47. The quantitative estimate of drug-likeness (QED) is 0.412. The monoisotopic (exact) mass is 453 g/mol. The molecule has 1 aromatic rings.